The second-order valence-electron chi connectivity index (χ2n) is 3.88. The molecule has 1 heterocycles. The monoisotopic (exact) mass is 261 g/mol. The molecule has 18 heavy (non-hydrogen) atoms. The second kappa shape index (κ2) is 5.14. The molecule has 2 rings (SSSR count). The van der Waals surface area contributed by atoms with Gasteiger partial charge in [0.25, 0.3) is 5.91 Å². The third-order valence-corrected chi connectivity index (χ3v) is 2.77. The summed E-state index contributed by atoms with van der Waals surface area (Å²) in [7, 11) is 0. The maximum Gasteiger partial charge on any atom is 0.259 e. The van der Waals surface area contributed by atoms with E-state index < -0.39 is 0 Å². The number of hydrogen-bond acceptors (Lipinski definition) is 3. The molecule has 0 spiro atoms. The van der Waals surface area contributed by atoms with Crippen LogP contribution in [-0.4, -0.2) is 15.9 Å². The van der Waals surface area contributed by atoms with E-state index in [-0.39, 0.29) is 5.91 Å². The predicted octanol–water partition coefficient (Wildman–Crippen LogP) is 3.00. The van der Waals surface area contributed by atoms with E-state index in [1.54, 1.807) is 38.1 Å². The molecule has 0 aliphatic heterocycles. The molecule has 4 nitrogen and oxygen atoms in total. The fourth-order valence-electron chi connectivity index (χ4n) is 1.68. The highest BCUT2D eigenvalue weighted by atomic mass is 35.5. The van der Waals surface area contributed by atoms with Crippen molar-refractivity contribution < 1.29 is 4.79 Å². The van der Waals surface area contributed by atoms with Crippen molar-refractivity contribution in [3.8, 4) is 0 Å². The largest absolute Gasteiger partial charge is 0.322 e. The van der Waals surface area contributed by atoms with Gasteiger partial charge in [0.05, 0.1) is 17.0 Å². The first-order chi connectivity index (χ1) is 8.58. The number of aryl methyl sites for hydroxylation is 2. The lowest BCUT2D eigenvalue weighted by molar-refractivity contribution is 0.102. The summed E-state index contributed by atoms with van der Waals surface area (Å²) in [6.45, 7) is 3.56. The van der Waals surface area contributed by atoms with Gasteiger partial charge in [0.1, 0.15) is 6.33 Å². The molecule has 0 saturated carbocycles. The number of hydrogen-bond donors (Lipinski definition) is 1. The van der Waals surface area contributed by atoms with Crippen LogP contribution in [0, 0.1) is 13.8 Å². The Morgan fingerprint density at radius 3 is 2.50 bits per heavy atom. The first-order valence-corrected chi connectivity index (χ1v) is 5.81. The van der Waals surface area contributed by atoms with E-state index in [0.29, 0.717) is 27.7 Å². The smallest absolute Gasteiger partial charge is 0.259 e. The highest BCUT2D eigenvalue weighted by Crippen LogP contribution is 2.17. The average molecular weight is 262 g/mol. The lowest BCUT2D eigenvalue weighted by atomic mass is 10.1. The van der Waals surface area contributed by atoms with Crippen molar-refractivity contribution in [3.63, 3.8) is 0 Å². The van der Waals surface area contributed by atoms with Crippen molar-refractivity contribution in [1.82, 2.24) is 9.97 Å². The molecule has 0 atom stereocenters. The molecular formula is C13H12ClN3O. The van der Waals surface area contributed by atoms with E-state index in [4.69, 9.17) is 11.6 Å². The van der Waals surface area contributed by atoms with Crippen LogP contribution in [0.25, 0.3) is 0 Å². The van der Waals surface area contributed by atoms with Crippen molar-refractivity contribution in [1.29, 1.82) is 0 Å². The summed E-state index contributed by atoms with van der Waals surface area (Å²) in [6.07, 6.45) is 1.45. The summed E-state index contributed by atoms with van der Waals surface area (Å²) in [6, 6.07) is 6.99. The lowest BCUT2D eigenvalue weighted by Gasteiger charge is -2.09. The standard InChI is InChI=1S/C13H12ClN3O/c1-8-12(9(2)16-7-15-8)13(18)17-11-5-3-4-10(14)6-11/h3-7H,1-2H3,(H,17,18). The molecule has 2 aromatic rings. The van der Waals surface area contributed by atoms with Gasteiger partial charge >= 0.3 is 0 Å². The first kappa shape index (κ1) is 12.5. The molecule has 0 aliphatic carbocycles. The Bertz CT molecular complexity index is 578. The van der Waals surface area contributed by atoms with E-state index >= 15 is 0 Å². The van der Waals surface area contributed by atoms with Gasteiger partial charge in [0.15, 0.2) is 0 Å². The number of halogens is 1. The van der Waals surface area contributed by atoms with Crippen LogP contribution in [0.3, 0.4) is 0 Å². The van der Waals surface area contributed by atoms with Gasteiger partial charge in [-0.15, -0.1) is 0 Å². The first-order valence-electron chi connectivity index (χ1n) is 5.43. The molecule has 0 saturated heterocycles. The quantitative estimate of drug-likeness (QED) is 0.904. The van der Waals surface area contributed by atoms with Crippen LogP contribution in [-0.2, 0) is 0 Å². The third-order valence-electron chi connectivity index (χ3n) is 2.54. The molecule has 92 valence electrons. The van der Waals surface area contributed by atoms with Gasteiger partial charge in [0.2, 0.25) is 0 Å². The summed E-state index contributed by atoms with van der Waals surface area (Å²) in [5, 5.41) is 3.35. The predicted molar refractivity (Wildman–Crippen MR) is 70.9 cm³/mol. The summed E-state index contributed by atoms with van der Waals surface area (Å²) >= 11 is 5.86. The number of anilines is 1. The van der Waals surface area contributed by atoms with Crippen molar-refractivity contribution in [2.75, 3.05) is 5.32 Å². The molecular weight excluding hydrogens is 250 g/mol. The minimum atomic E-state index is -0.229. The molecule has 1 N–H and O–H groups in total. The number of nitrogens with one attached hydrogen (secondary N) is 1. The number of aromatic nitrogens is 2. The average Bonchev–Trinajstić information content (AvgIpc) is 2.28. The van der Waals surface area contributed by atoms with Crippen LogP contribution in [0.1, 0.15) is 21.7 Å². The molecule has 0 unspecified atom stereocenters. The van der Waals surface area contributed by atoms with Crippen LogP contribution < -0.4 is 5.32 Å². The minimum absolute atomic E-state index is 0.229. The Balaban J connectivity index is 2.28. The summed E-state index contributed by atoms with van der Waals surface area (Å²) in [5.41, 5.74) is 2.46. The molecule has 1 amide bonds. The summed E-state index contributed by atoms with van der Waals surface area (Å²) in [4.78, 5) is 20.2. The minimum Gasteiger partial charge on any atom is -0.322 e. The fourth-order valence-corrected chi connectivity index (χ4v) is 1.87. The molecule has 5 heteroatoms. The Hall–Kier alpha value is -1.94. The van der Waals surface area contributed by atoms with Crippen LogP contribution in [0.2, 0.25) is 5.02 Å². The van der Waals surface area contributed by atoms with Gasteiger partial charge in [-0.25, -0.2) is 9.97 Å². The van der Waals surface area contributed by atoms with Gasteiger partial charge < -0.3 is 5.32 Å². The third kappa shape index (κ3) is 2.65. The van der Waals surface area contributed by atoms with Crippen LogP contribution >= 0.6 is 11.6 Å². The zero-order chi connectivity index (χ0) is 13.1. The van der Waals surface area contributed by atoms with Gasteiger partial charge in [-0.3, -0.25) is 4.79 Å². The normalized spacial score (nSPS) is 10.2. The summed E-state index contributed by atoms with van der Waals surface area (Å²) in [5.74, 6) is -0.229. The van der Waals surface area contributed by atoms with E-state index in [1.807, 2.05) is 0 Å². The molecule has 1 aromatic carbocycles. The Morgan fingerprint density at radius 2 is 1.89 bits per heavy atom. The van der Waals surface area contributed by atoms with Gasteiger partial charge in [-0.05, 0) is 32.0 Å². The highest BCUT2D eigenvalue weighted by Gasteiger charge is 2.14. The number of amides is 1. The Morgan fingerprint density at radius 1 is 1.22 bits per heavy atom. The molecule has 0 aliphatic rings. The SMILES string of the molecule is Cc1ncnc(C)c1C(=O)Nc1cccc(Cl)c1. The molecule has 0 bridgehead atoms. The number of nitrogens with zero attached hydrogens (tertiary/aromatic N) is 2. The van der Waals surface area contributed by atoms with E-state index in [0.717, 1.165) is 0 Å². The van der Waals surface area contributed by atoms with E-state index in [2.05, 4.69) is 15.3 Å². The van der Waals surface area contributed by atoms with Gasteiger partial charge in [-0.2, -0.15) is 0 Å². The zero-order valence-corrected chi connectivity index (χ0v) is 10.8. The topological polar surface area (TPSA) is 54.9 Å². The van der Waals surface area contributed by atoms with Gasteiger partial charge in [-0.1, -0.05) is 17.7 Å². The van der Waals surface area contributed by atoms with Crippen LogP contribution in [0.5, 0.6) is 0 Å². The lowest BCUT2D eigenvalue weighted by Crippen LogP contribution is -2.16. The Labute approximate surface area is 110 Å². The Kier molecular flexibility index (Phi) is 3.58. The highest BCUT2D eigenvalue weighted by molar-refractivity contribution is 6.31. The van der Waals surface area contributed by atoms with Crippen LogP contribution in [0.4, 0.5) is 5.69 Å². The number of rotatable bonds is 2. The molecule has 0 fully saturated rings. The van der Waals surface area contributed by atoms with Crippen LogP contribution in [0.15, 0.2) is 30.6 Å². The van der Waals surface area contributed by atoms with Crippen molar-refractivity contribution in [2.24, 2.45) is 0 Å². The maximum absolute atomic E-state index is 12.1. The van der Waals surface area contributed by atoms with E-state index in [1.165, 1.54) is 6.33 Å². The van der Waals surface area contributed by atoms with E-state index in [9.17, 15) is 4.79 Å². The fraction of sp³-hybridized carbons (Fsp3) is 0.154. The maximum atomic E-state index is 12.1. The molecule has 0 radical (unpaired) electrons. The van der Waals surface area contributed by atoms with Crippen molar-refractivity contribution in [2.45, 2.75) is 13.8 Å². The number of benzene rings is 1. The van der Waals surface area contributed by atoms with Crippen molar-refractivity contribution >= 4 is 23.2 Å². The number of carbonyl (C=O) groups is 1. The van der Waals surface area contributed by atoms with Gasteiger partial charge in [0, 0.05) is 10.7 Å². The zero-order valence-electron chi connectivity index (χ0n) is 10.1. The van der Waals surface area contributed by atoms with Crippen molar-refractivity contribution in [3.05, 3.63) is 52.6 Å². The summed E-state index contributed by atoms with van der Waals surface area (Å²) < 4.78 is 0. The molecule has 1 aromatic heterocycles. The number of carbonyl (C=O) groups excluding carboxylic acids is 1. The second-order valence-corrected chi connectivity index (χ2v) is 4.32.